The van der Waals surface area contributed by atoms with Crippen molar-refractivity contribution in [2.75, 3.05) is 20.2 Å². The van der Waals surface area contributed by atoms with Crippen molar-refractivity contribution in [3.63, 3.8) is 0 Å². The van der Waals surface area contributed by atoms with Crippen LogP contribution in [0.4, 0.5) is 0 Å². The van der Waals surface area contributed by atoms with Gasteiger partial charge in [-0.3, -0.25) is 4.90 Å². The smallest absolute Gasteiger partial charge is 0.337 e. The SMILES string of the molecule is C=Cc1cc(C(=O)OC)ccc1OC1c2cc(O)cc(O)c2CC1N1CCC(O)C1. The van der Waals surface area contributed by atoms with Gasteiger partial charge in [-0.15, -0.1) is 0 Å². The van der Waals surface area contributed by atoms with Crippen molar-refractivity contribution in [3.8, 4) is 17.2 Å². The van der Waals surface area contributed by atoms with Gasteiger partial charge in [-0.1, -0.05) is 12.7 Å². The summed E-state index contributed by atoms with van der Waals surface area (Å²) >= 11 is 0. The highest BCUT2D eigenvalue weighted by Crippen LogP contribution is 2.45. The summed E-state index contributed by atoms with van der Waals surface area (Å²) in [6, 6.07) is 7.81. The molecular formula is C23H25NO6. The Hall–Kier alpha value is -3.03. The second-order valence-electron chi connectivity index (χ2n) is 7.73. The third kappa shape index (κ3) is 3.62. The van der Waals surface area contributed by atoms with Crippen molar-refractivity contribution < 1.29 is 29.6 Å². The number of hydrogen-bond donors (Lipinski definition) is 3. The summed E-state index contributed by atoms with van der Waals surface area (Å²) < 4.78 is 11.2. The molecule has 1 aliphatic carbocycles. The molecule has 0 amide bonds. The Morgan fingerprint density at radius 1 is 1.27 bits per heavy atom. The zero-order valence-electron chi connectivity index (χ0n) is 16.7. The summed E-state index contributed by atoms with van der Waals surface area (Å²) in [5.74, 6) is 0.0792. The molecule has 2 aromatic carbocycles. The highest BCUT2D eigenvalue weighted by Gasteiger charge is 2.42. The number of β-amino-alcohol motifs (C(OH)–C–C–N with tert-alkyl or cyclic N) is 1. The number of aliphatic hydroxyl groups is 1. The standard InChI is InChI=1S/C23H25NO6/c1-3-13-8-14(23(28)29-2)4-5-21(13)30-22-18-9-16(26)10-20(27)17(18)11-19(22)24-7-6-15(25)12-24/h3-5,8-10,15,19,22,25-27H,1,6-7,11-12H2,2H3. The number of hydrogen-bond acceptors (Lipinski definition) is 7. The number of benzene rings is 2. The van der Waals surface area contributed by atoms with E-state index in [0.717, 1.165) is 12.1 Å². The van der Waals surface area contributed by atoms with Crippen molar-refractivity contribution in [1.29, 1.82) is 0 Å². The molecule has 4 rings (SSSR count). The van der Waals surface area contributed by atoms with Crippen LogP contribution in [0, 0.1) is 0 Å². The Labute approximate surface area is 174 Å². The number of fused-ring (bicyclic) bond motifs is 1. The first-order valence-electron chi connectivity index (χ1n) is 9.89. The molecule has 0 bridgehead atoms. The summed E-state index contributed by atoms with van der Waals surface area (Å²) in [6.45, 7) is 5.07. The van der Waals surface area contributed by atoms with Gasteiger partial charge >= 0.3 is 5.97 Å². The highest BCUT2D eigenvalue weighted by molar-refractivity contribution is 5.90. The van der Waals surface area contributed by atoms with E-state index in [1.165, 1.54) is 13.2 Å². The van der Waals surface area contributed by atoms with Crippen LogP contribution >= 0.6 is 0 Å². The molecule has 0 aromatic heterocycles. The summed E-state index contributed by atoms with van der Waals surface area (Å²) in [5.41, 5.74) is 2.47. The van der Waals surface area contributed by atoms with Crippen LogP contribution in [0.1, 0.15) is 39.6 Å². The van der Waals surface area contributed by atoms with Gasteiger partial charge < -0.3 is 24.8 Å². The Bertz CT molecular complexity index is 988. The number of likely N-dealkylation sites (tertiary alicyclic amines) is 1. The number of ether oxygens (including phenoxy) is 2. The van der Waals surface area contributed by atoms with Gasteiger partial charge in [0, 0.05) is 35.8 Å². The van der Waals surface area contributed by atoms with E-state index < -0.39 is 12.1 Å². The molecule has 0 radical (unpaired) electrons. The van der Waals surface area contributed by atoms with Crippen molar-refractivity contribution in [2.45, 2.75) is 31.1 Å². The Morgan fingerprint density at radius 3 is 2.73 bits per heavy atom. The maximum atomic E-state index is 11.8. The number of methoxy groups -OCH3 is 1. The second-order valence-corrected chi connectivity index (χ2v) is 7.73. The molecular weight excluding hydrogens is 386 g/mol. The molecule has 2 aliphatic rings. The average Bonchev–Trinajstić information content (AvgIpc) is 3.31. The number of phenolic OH excluding ortho intramolecular Hbond substituents is 2. The van der Waals surface area contributed by atoms with Crippen LogP contribution in [0.3, 0.4) is 0 Å². The molecule has 30 heavy (non-hydrogen) atoms. The number of carbonyl (C=O) groups excluding carboxylic acids is 1. The van der Waals surface area contributed by atoms with Gasteiger partial charge in [0.2, 0.25) is 0 Å². The topological polar surface area (TPSA) is 99.5 Å². The van der Waals surface area contributed by atoms with Gasteiger partial charge in [0.05, 0.1) is 24.8 Å². The minimum Gasteiger partial charge on any atom is -0.508 e. The van der Waals surface area contributed by atoms with Crippen molar-refractivity contribution in [2.24, 2.45) is 0 Å². The lowest BCUT2D eigenvalue weighted by atomic mass is 10.1. The van der Waals surface area contributed by atoms with Crippen LogP contribution in [-0.4, -0.2) is 58.5 Å². The third-order valence-corrected chi connectivity index (χ3v) is 5.88. The quantitative estimate of drug-likeness (QED) is 0.651. The van der Waals surface area contributed by atoms with Gasteiger partial charge in [0.15, 0.2) is 0 Å². The number of esters is 1. The molecule has 7 nitrogen and oxygen atoms in total. The first-order chi connectivity index (χ1) is 14.4. The molecule has 1 heterocycles. The molecule has 7 heteroatoms. The summed E-state index contributed by atoms with van der Waals surface area (Å²) in [4.78, 5) is 14.0. The lowest BCUT2D eigenvalue weighted by Crippen LogP contribution is -2.39. The van der Waals surface area contributed by atoms with Crippen LogP contribution < -0.4 is 4.74 Å². The third-order valence-electron chi connectivity index (χ3n) is 5.88. The summed E-state index contributed by atoms with van der Waals surface area (Å²) in [6.07, 6.45) is 1.97. The minimum absolute atomic E-state index is 0.0332. The predicted molar refractivity (Wildman–Crippen MR) is 111 cm³/mol. The Kier molecular flexibility index (Phi) is 5.40. The van der Waals surface area contributed by atoms with E-state index in [-0.39, 0.29) is 23.6 Å². The second kappa shape index (κ2) is 8.01. The molecule has 2 aromatic rings. The van der Waals surface area contributed by atoms with E-state index >= 15 is 0 Å². The number of aromatic hydroxyl groups is 2. The molecule has 1 aliphatic heterocycles. The predicted octanol–water partition coefficient (Wildman–Crippen LogP) is 2.64. The van der Waals surface area contributed by atoms with Crippen LogP contribution in [0.25, 0.3) is 6.08 Å². The average molecular weight is 411 g/mol. The first-order valence-corrected chi connectivity index (χ1v) is 9.89. The van der Waals surface area contributed by atoms with Gasteiger partial charge in [-0.05, 0) is 37.1 Å². The zero-order valence-corrected chi connectivity index (χ0v) is 16.7. The van der Waals surface area contributed by atoms with E-state index in [2.05, 4.69) is 11.5 Å². The fraction of sp³-hybridized carbons (Fsp3) is 0.348. The van der Waals surface area contributed by atoms with Gasteiger partial charge in [0.25, 0.3) is 0 Å². The lowest BCUT2D eigenvalue weighted by Gasteiger charge is -2.30. The number of nitrogens with zero attached hydrogens (tertiary/aromatic N) is 1. The summed E-state index contributed by atoms with van der Waals surface area (Å²) in [7, 11) is 1.32. The maximum Gasteiger partial charge on any atom is 0.337 e. The first kappa shape index (κ1) is 20.3. The zero-order chi connectivity index (χ0) is 21.4. The normalized spacial score (nSPS) is 23.2. The molecule has 0 saturated carbocycles. The maximum absolute atomic E-state index is 11.8. The van der Waals surface area contributed by atoms with E-state index in [1.54, 1.807) is 30.3 Å². The van der Waals surface area contributed by atoms with E-state index in [9.17, 15) is 20.1 Å². The van der Waals surface area contributed by atoms with E-state index in [4.69, 9.17) is 9.47 Å². The molecule has 3 N–H and O–H groups in total. The summed E-state index contributed by atoms with van der Waals surface area (Å²) in [5, 5.41) is 30.4. The molecule has 1 fully saturated rings. The largest absolute Gasteiger partial charge is 0.508 e. The van der Waals surface area contributed by atoms with Crippen molar-refractivity contribution in [3.05, 3.63) is 59.2 Å². The minimum atomic E-state index is -0.467. The Balaban J connectivity index is 1.71. The number of aliphatic hydroxyl groups excluding tert-OH is 1. The Morgan fingerprint density at radius 2 is 2.07 bits per heavy atom. The monoisotopic (exact) mass is 411 g/mol. The highest BCUT2D eigenvalue weighted by atomic mass is 16.5. The van der Waals surface area contributed by atoms with Crippen LogP contribution in [0.2, 0.25) is 0 Å². The van der Waals surface area contributed by atoms with Gasteiger partial charge in [0.1, 0.15) is 23.4 Å². The molecule has 158 valence electrons. The van der Waals surface area contributed by atoms with Crippen molar-refractivity contribution >= 4 is 12.0 Å². The molecule has 3 unspecified atom stereocenters. The molecule has 0 spiro atoms. The number of phenols is 2. The fourth-order valence-electron chi connectivity index (χ4n) is 4.39. The number of carbonyl (C=O) groups is 1. The van der Waals surface area contributed by atoms with Crippen LogP contribution in [0.5, 0.6) is 17.2 Å². The lowest BCUT2D eigenvalue weighted by molar-refractivity contribution is 0.0600. The fourth-order valence-corrected chi connectivity index (χ4v) is 4.39. The van der Waals surface area contributed by atoms with Gasteiger partial charge in [-0.2, -0.15) is 0 Å². The van der Waals surface area contributed by atoms with Crippen LogP contribution in [0.15, 0.2) is 36.9 Å². The van der Waals surface area contributed by atoms with Crippen molar-refractivity contribution in [1.82, 2.24) is 4.90 Å². The van der Waals surface area contributed by atoms with Crippen LogP contribution in [-0.2, 0) is 11.2 Å². The number of rotatable bonds is 5. The van der Waals surface area contributed by atoms with Gasteiger partial charge in [-0.25, -0.2) is 4.79 Å². The van der Waals surface area contributed by atoms with E-state index in [1.807, 2.05) is 0 Å². The molecule has 1 saturated heterocycles. The van der Waals surface area contributed by atoms with E-state index in [0.29, 0.717) is 41.8 Å². The molecule has 3 atom stereocenters.